The maximum absolute atomic E-state index is 12.5. The highest BCUT2D eigenvalue weighted by atomic mass is 127. The molecular formula is C8H10BF2IO3. The standard InChI is InChI=1S/C8H10BF2IO3/c10-8(11,12)15-7-3-1-2-6(4-7)5-9(13)14/h1-2,4,7,13-14H,3,5H2. The van der Waals surface area contributed by atoms with E-state index in [0.717, 1.165) is 22.6 Å². The van der Waals surface area contributed by atoms with Crippen molar-refractivity contribution in [2.75, 3.05) is 0 Å². The van der Waals surface area contributed by atoms with Gasteiger partial charge in [0.2, 0.25) is 0 Å². The summed E-state index contributed by atoms with van der Waals surface area (Å²) in [5.41, 5.74) is 0.585. The Labute approximate surface area is 100 Å². The molecule has 1 aliphatic rings. The topological polar surface area (TPSA) is 49.7 Å². The maximum Gasteiger partial charge on any atom is 0.456 e. The van der Waals surface area contributed by atoms with Gasteiger partial charge in [0.15, 0.2) is 0 Å². The summed E-state index contributed by atoms with van der Waals surface area (Å²) in [5.74, 6) is 0. The van der Waals surface area contributed by atoms with Gasteiger partial charge in [0.1, 0.15) is 0 Å². The quantitative estimate of drug-likeness (QED) is 0.469. The first-order valence-electron chi connectivity index (χ1n) is 4.35. The van der Waals surface area contributed by atoms with Crippen LogP contribution in [0.25, 0.3) is 0 Å². The lowest BCUT2D eigenvalue weighted by Gasteiger charge is -2.20. The van der Waals surface area contributed by atoms with Crippen molar-refractivity contribution in [2.45, 2.75) is 23.0 Å². The summed E-state index contributed by atoms with van der Waals surface area (Å²) in [4.78, 5) is 0. The second-order valence-corrected chi connectivity index (χ2v) is 4.42. The first-order valence-corrected chi connectivity index (χ1v) is 5.42. The van der Waals surface area contributed by atoms with Crippen molar-refractivity contribution < 1.29 is 23.6 Å². The van der Waals surface area contributed by atoms with Crippen LogP contribution in [0.4, 0.5) is 8.78 Å². The van der Waals surface area contributed by atoms with E-state index < -0.39 is 17.3 Å². The minimum Gasteiger partial charge on any atom is -0.427 e. The fraction of sp³-hybridized carbons (Fsp3) is 0.500. The molecule has 0 aromatic rings. The summed E-state index contributed by atoms with van der Waals surface area (Å²) in [6.45, 7) is 0. The van der Waals surface area contributed by atoms with E-state index in [1.54, 1.807) is 12.2 Å². The van der Waals surface area contributed by atoms with Gasteiger partial charge in [-0.15, -0.1) is 0 Å². The van der Waals surface area contributed by atoms with Gasteiger partial charge in [-0.25, -0.2) is 0 Å². The van der Waals surface area contributed by atoms with Gasteiger partial charge in [0.25, 0.3) is 0 Å². The molecule has 3 nitrogen and oxygen atoms in total. The fourth-order valence-electron chi connectivity index (χ4n) is 1.32. The largest absolute Gasteiger partial charge is 0.456 e. The van der Waals surface area contributed by atoms with Gasteiger partial charge in [-0.3, -0.25) is 0 Å². The molecule has 0 bridgehead atoms. The first-order chi connectivity index (χ1) is 6.87. The summed E-state index contributed by atoms with van der Waals surface area (Å²) >= 11 is 0.904. The molecule has 0 spiro atoms. The lowest BCUT2D eigenvalue weighted by Crippen LogP contribution is -2.22. The molecule has 15 heavy (non-hydrogen) atoms. The molecule has 0 aromatic heterocycles. The third-order valence-corrected chi connectivity index (χ3v) is 2.06. The number of halogens is 3. The van der Waals surface area contributed by atoms with Crippen molar-refractivity contribution in [1.82, 2.24) is 0 Å². The Morgan fingerprint density at radius 3 is 2.80 bits per heavy atom. The highest BCUT2D eigenvalue weighted by Crippen LogP contribution is 2.29. The summed E-state index contributed by atoms with van der Waals surface area (Å²) in [5, 5.41) is 17.4. The number of hydrogen-bond acceptors (Lipinski definition) is 3. The third kappa shape index (κ3) is 5.60. The van der Waals surface area contributed by atoms with E-state index in [4.69, 9.17) is 10.0 Å². The Balaban J connectivity index is 2.56. The van der Waals surface area contributed by atoms with Gasteiger partial charge in [0, 0.05) is 28.9 Å². The Kier molecular flexibility index (Phi) is 4.69. The van der Waals surface area contributed by atoms with Crippen LogP contribution >= 0.6 is 22.6 Å². The zero-order valence-corrected chi connectivity index (χ0v) is 9.90. The van der Waals surface area contributed by atoms with Crippen LogP contribution in [0.15, 0.2) is 23.8 Å². The van der Waals surface area contributed by atoms with E-state index in [1.165, 1.54) is 6.08 Å². The molecule has 0 amide bonds. The molecule has 1 aliphatic carbocycles. The molecule has 0 saturated carbocycles. The zero-order chi connectivity index (χ0) is 11.5. The predicted octanol–water partition coefficient (Wildman–Crippen LogP) is 1.72. The lowest BCUT2D eigenvalue weighted by atomic mass is 9.80. The molecule has 1 atom stereocenters. The Morgan fingerprint density at radius 2 is 2.27 bits per heavy atom. The Bertz CT molecular complexity index is 276. The van der Waals surface area contributed by atoms with Crippen LogP contribution in [-0.2, 0) is 4.74 Å². The van der Waals surface area contributed by atoms with E-state index in [-0.39, 0.29) is 6.32 Å². The second kappa shape index (κ2) is 5.38. The van der Waals surface area contributed by atoms with Crippen LogP contribution in [-0.4, -0.2) is 27.4 Å². The smallest absolute Gasteiger partial charge is 0.427 e. The van der Waals surface area contributed by atoms with Crippen LogP contribution in [0.2, 0.25) is 6.32 Å². The van der Waals surface area contributed by atoms with E-state index in [1.807, 2.05) is 0 Å². The average molecular weight is 330 g/mol. The zero-order valence-electron chi connectivity index (χ0n) is 7.74. The van der Waals surface area contributed by atoms with E-state index >= 15 is 0 Å². The SMILES string of the molecule is OB(O)CC1=CC(OC(F)(F)I)CC=C1. The average Bonchev–Trinajstić information content (AvgIpc) is 1.99. The van der Waals surface area contributed by atoms with E-state index in [9.17, 15) is 8.78 Å². The lowest BCUT2D eigenvalue weighted by molar-refractivity contribution is -0.165. The third-order valence-electron chi connectivity index (χ3n) is 1.80. The van der Waals surface area contributed by atoms with Crippen LogP contribution in [0.5, 0.6) is 0 Å². The minimum absolute atomic E-state index is 0.0170. The molecule has 0 aromatic carbocycles. The van der Waals surface area contributed by atoms with Gasteiger partial charge in [-0.1, -0.05) is 23.8 Å². The van der Waals surface area contributed by atoms with Crippen molar-refractivity contribution in [3.05, 3.63) is 23.8 Å². The molecule has 0 radical (unpaired) electrons. The van der Waals surface area contributed by atoms with Gasteiger partial charge < -0.3 is 14.8 Å². The highest BCUT2D eigenvalue weighted by Gasteiger charge is 2.29. The van der Waals surface area contributed by atoms with E-state index in [0.29, 0.717) is 12.0 Å². The molecule has 84 valence electrons. The molecule has 7 heteroatoms. The molecule has 2 N–H and O–H groups in total. The second-order valence-electron chi connectivity index (χ2n) is 3.17. The molecule has 0 aliphatic heterocycles. The fourth-order valence-corrected chi connectivity index (χ4v) is 1.64. The van der Waals surface area contributed by atoms with Crippen molar-refractivity contribution in [3.63, 3.8) is 0 Å². The Hall–Kier alpha value is 0.0149. The van der Waals surface area contributed by atoms with Crippen molar-refractivity contribution in [1.29, 1.82) is 0 Å². The highest BCUT2D eigenvalue weighted by molar-refractivity contribution is 14.1. The number of rotatable bonds is 4. The van der Waals surface area contributed by atoms with E-state index in [2.05, 4.69) is 4.74 Å². The monoisotopic (exact) mass is 330 g/mol. The first kappa shape index (κ1) is 13.1. The summed E-state index contributed by atoms with van der Waals surface area (Å²) < 4.78 is 26.3. The van der Waals surface area contributed by atoms with Gasteiger partial charge in [-0.05, 0) is 6.42 Å². The van der Waals surface area contributed by atoms with Gasteiger partial charge in [0.05, 0.1) is 6.10 Å². The summed E-state index contributed by atoms with van der Waals surface area (Å²) in [7, 11) is -1.47. The molecular weight excluding hydrogens is 320 g/mol. The summed E-state index contributed by atoms with van der Waals surface area (Å²) in [6.07, 6.45) is 4.49. The van der Waals surface area contributed by atoms with Crippen molar-refractivity contribution >= 4 is 29.7 Å². The van der Waals surface area contributed by atoms with Gasteiger partial charge in [-0.2, -0.15) is 8.78 Å². The number of allylic oxidation sites excluding steroid dienone is 2. The maximum atomic E-state index is 12.5. The van der Waals surface area contributed by atoms with Crippen LogP contribution < -0.4 is 0 Å². The normalized spacial score (nSPS) is 21.4. The predicted molar refractivity (Wildman–Crippen MR) is 60.7 cm³/mol. The number of hydrogen-bond donors (Lipinski definition) is 2. The van der Waals surface area contributed by atoms with Crippen LogP contribution in [0, 0.1) is 0 Å². The molecule has 1 unspecified atom stereocenters. The van der Waals surface area contributed by atoms with Crippen LogP contribution in [0.3, 0.4) is 0 Å². The Morgan fingerprint density at radius 1 is 1.60 bits per heavy atom. The summed E-state index contributed by atoms with van der Waals surface area (Å²) in [6, 6.07) is 0. The number of alkyl halides is 3. The molecule has 0 fully saturated rings. The molecule has 0 heterocycles. The molecule has 0 saturated heterocycles. The van der Waals surface area contributed by atoms with Crippen molar-refractivity contribution in [3.8, 4) is 0 Å². The number of ether oxygens (including phenoxy) is 1. The van der Waals surface area contributed by atoms with Crippen molar-refractivity contribution in [2.24, 2.45) is 0 Å². The molecule has 1 rings (SSSR count). The van der Waals surface area contributed by atoms with Gasteiger partial charge >= 0.3 is 11.2 Å². The van der Waals surface area contributed by atoms with Crippen LogP contribution in [0.1, 0.15) is 6.42 Å². The minimum atomic E-state index is -3.20.